The number of carbonyl (C=O) groups excluding carboxylic acids is 2. The highest BCUT2D eigenvalue weighted by Gasteiger charge is 2.22. The highest BCUT2D eigenvalue weighted by Crippen LogP contribution is 2.37. The van der Waals surface area contributed by atoms with E-state index in [-0.39, 0.29) is 11.8 Å². The molecule has 0 saturated heterocycles. The van der Waals surface area contributed by atoms with Gasteiger partial charge < -0.3 is 15.4 Å². The van der Waals surface area contributed by atoms with Crippen LogP contribution in [0, 0.1) is 0 Å². The Kier molecular flexibility index (Phi) is 7.63. The lowest BCUT2D eigenvalue weighted by atomic mass is 10.1. The monoisotopic (exact) mass is 468 g/mol. The molecular formula is C28H24N2O3S. The maximum absolute atomic E-state index is 13.3. The van der Waals surface area contributed by atoms with Gasteiger partial charge in [-0.15, -0.1) is 11.8 Å². The Morgan fingerprint density at radius 1 is 0.706 bits per heavy atom. The van der Waals surface area contributed by atoms with Gasteiger partial charge in [0.25, 0.3) is 0 Å². The van der Waals surface area contributed by atoms with Crippen molar-refractivity contribution in [2.24, 2.45) is 0 Å². The van der Waals surface area contributed by atoms with Gasteiger partial charge in [0.05, 0.1) is 0 Å². The lowest BCUT2D eigenvalue weighted by Crippen LogP contribution is -2.19. The lowest BCUT2D eigenvalue weighted by Gasteiger charge is -2.18. The van der Waals surface area contributed by atoms with E-state index in [0.717, 1.165) is 16.2 Å². The number of amides is 2. The second-order valence-corrected chi connectivity index (χ2v) is 8.72. The van der Waals surface area contributed by atoms with Crippen molar-refractivity contribution in [3.05, 3.63) is 115 Å². The van der Waals surface area contributed by atoms with E-state index >= 15 is 0 Å². The molecule has 0 aliphatic rings. The number of thioether (sulfide) groups is 1. The van der Waals surface area contributed by atoms with Gasteiger partial charge in [-0.3, -0.25) is 9.59 Å². The van der Waals surface area contributed by atoms with Gasteiger partial charge in [-0.05, 0) is 60.2 Å². The third-order valence-electron chi connectivity index (χ3n) is 4.85. The highest BCUT2D eigenvalue weighted by molar-refractivity contribution is 8.00. The quantitative estimate of drug-likeness (QED) is 0.276. The Hall–Kier alpha value is -4.03. The lowest BCUT2D eigenvalue weighted by molar-refractivity contribution is -0.116. The average Bonchev–Trinajstić information content (AvgIpc) is 2.85. The number of ether oxygens (including phenoxy) is 1. The molecule has 0 aromatic heterocycles. The third-order valence-corrected chi connectivity index (χ3v) is 6.10. The molecule has 0 radical (unpaired) electrons. The van der Waals surface area contributed by atoms with Crippen LogP contribution in [0.2, 0.25) is 0 Å². The van der Waals surface area contributed by atoms with E-state index in [1.165, 1.54) is 18.7 Å². The first-order chi connectivity index (χ1) is 16.6. The third kappa shape index (κ3) is 6.49. The van der Waals surface area contributed by atoms with Gasteiger partial charge in [0.2, 0.25) is 11.8 Å². The summed E-state index contributed by atoms with van der Waals surface area (Å²) in [7, 11) is 0. The van der Waals surface area contributed by atoms with E-state index < -0.39 is 5.25 Å². The summed E-state index contributed by atoms with van der Waals surface area (Å²) in [4.78, 5) is 25.6. The first-order valence-corrected chi connectivity index (χ1v) is 11.7. The highest BCUT2D eigenvalue weighted by atomic mass is 32.2. The van der Waals surface area contributed by atoms with E-state index in [9.17, 15) is 9.59 Å². The second-order valence-electron chi connectivity index (χ2n) is 7.55. The topological polar surface area (TPSA) is 67.4 Å². The fraction of sp³-hybridized carbons (Fsp3) is 0.0714. The molecule has 0 heterocycles. The van der Waals surface area contributed by atoms with Crippen LogP contribution in [-0.4, -0.2) is 11.8 Å². The zero-order valence-electron chi connectivity index (χ0n) is 18.6. The molecule has 170 valence electrons. The second kappa shape index (κ2) is 11.2. The summed E-state index contributed by atoms with van der Waals surface area (Å²) in [6.45, 7) is 1.47. The van der Waals surface area contributed by atoms with Gasteiger partial charge in [-0.1, -0.05) is 54.6 Å². The molecule has 1 atom stereocenters. The summed E-state index contributed by atoms with van der Waals surface area (Å²) in [6.07, 6.45) is 0. The molecule has 4 aromatic rings. The standard InChI is InChI=1S/C28H24N2O3S/c1-20(31)29-23-11-8-14-26(19-23)34-27(21-9-4-2-5-10-21)28(32)30-22-15-17-25(18-16-22)33-24-12-6-3-7-13-24/h2-19,27H,1H3,(H,29,31)(H,30,32). The van der Waals surface area contributed by atoms with Crippen molar-refractivity contribution >= 4 is 35.0 Å². The molecule has 2 N–H and O–H groups in total. The van der Waals surface area contributed by atoms with Crippen LogP contribution in [0.5, 0.6) is 11.5 Å². The van der Waals surface area contributed by atoms with Crippen LogP contribution in [0.25, 0.3) is 0 Å². The molecule has 5 nitrogen and oxygen atoms in total. The van der Waals surface area contributed by atoms with Crippen molar-refractivity contribution in [3.63, 3.8) is 0 Å². The van der Waals surface area contributed by atoms with Crippen molar-refractivity contribution in [1.82, 2.24) is 0 Å². The Balaban J connectivity index is 1.49. The minimum Gasteiger partial charge on any atom is -0.457 e. The van der Waals surface area contributed by atoms with E-state index in [2.05, 4.69) is 10.6 Å². The van der Waals surface area contributed by atoms with Crippen LogP contribution in [0.15, 0.2) is 114 Å². The number of anilines is 2. The van der Waals surface area contributed by atoms with E-state index in [4.69, 9.17) is 4.74 Å². The van der Waals surface area contributed by atoms with Crippen LogP contribution in [0.1, 0.15) is 17.7 Å². The van der Waals surface area contributed by atoms with E-state index in [1.807, 2.05) is 109 Å². The number of benzene rings is 4. The fourth-order valence-electron chi connectivity index (χ4n) is 3.33. The van der Waals surface area contributed by atoms with Gasteiger partial charge >= 0.3 is 0 Å². The summed E-state index contributed by atoms with van der Waals surface area (Å²) in [6, 6.07) is 33.9. The minimum absolute atomic E-state index is 0.140. The molecule has 0 aliphatic carbocycles. The molecule has 0 saturated carbocycles. The van der Waals surface area contributed by atoms with Crippen molar-refractivity contribution < 1.29 is 14.3 Å². The van der Waals surface area contributed by atoms with Crippen LogP contribution < -0.4 is 15.4 Å². The molecule has 4 aromatic carbocycles. The van der Waals surface area contributed by atoms with Crippen LogP contribution >= 0.6 is 11.8 Å². The van der Waals surface area contributed by atoms with Crippen molar-refractivity contribution in [2.45, 2.75) is 17.1 Å². The Morgan fingerprint density at radius 3 is 2.03 bits per heavy atom. The van der Waals surface area contributed by atoms with Crippen LogP contribution in [0.4, 0.5) is 11.4 Å². The Bertz CT molecular complexity index is 1250. The van der Waals surface area contributed by atoms with E-state index in [0.29, 0.717) is 17.1 Å². The number of carbonyl (C=O) groups is 2. The van der Waals surface area contributed by atoms with Crippen molar-refractivity contribution in [1.29, 1.82) is 0 Å². The average molecular weight is 469 g/mol. The van der Waals surface area contributed by atoms with Gasteiger partial charge in [-0.2, -0.15) is 0 Å². The summed E-state index contributed by atoms with van der Waals surface area (Å²) in [5.74, 6) is 1.16. The predicted octanol–water partition coefficient (Wildman–Crippen LogP) is 6.91. The number of nitrogens with one attached hydrogen (secondary N) is 2. The first kappa shape index (κ1) is 23.1. The van der Waals surface area contributed by atoms with Crippen LogP contribution in [0.3, 0.4) is 0 Å². The summed E-state index contributed by atoms with van der Waals surface area (Å²) < 4.78 is 5.83. The van der Waals surface area contributed by atoms with Gasteiger partial charge in [-0.25, -0.2) is 0 Å². The molecule has 1 unspecified atom stereocenters. The maximum Gasteiger partial charge on any atom is 0.242 e. The van der Waals surface area contributed by atoms with E-state index in [1.54, 1.807) is 0 Å². The van der Waals surface area contributed by atoms with Crippen LogP contribution in [-0.2, 0) is 9.59 Å². The molecular weight excluding hydrogens is 444 g/mol. The molecule has 0 fully saturated rings. The number of hydrogen-bond acceptors (Lipinski definition) is 4. The molecule has 0 bridgehead atoms. The zero-order valence-corrected chi connectivity index (χ0v) is 19.4. The Morgan fingerprint density at radius 2 is 1.35 bits per heavy atom. The fourth-order valence-corrected chi connectivity index (χ4v) is 4.41. The largest absolute Gasteiger partial charge is 0.457 e. The molecule has 4 rings (SSSR count). The predicted molar refractivity (Wildman–Crippen MR) is 137 cm³/mol. The normalized spacial score (nSPS) is 11.3. The maximum atomic E-state index is 13.3. The van der Waals surface area contributed by atoms with Gasteiger partial charge in [0.15, 0.2) is 0 Å². The number of rotatable bonds is 8. The minimum atomic E-state index is -0.478. The van der Waals surface area contributed by atoms with Crippen molar-refractivity contribution in [3.8, 4) is 11.5 Å². The number of para-hydroxylation sites is 1. The van der Waals surface area contributed by atoms with Crippen molar-refractivity contribution in [2.75, 3.05) is 10.6 Å². The SMILES string of the molecule is CC(=O)Nc1cccc(SC(C(=O)Nc2ccc(Oc3ccccc3)cc2)c2ccccc2)c1. The number of hydrogen-bond donors (Lipinski definition) is 2. The molecule has 34 heavy (non-hydrogen) atoms. The summed E-state index contributed by atoms with van der Waals surface area (Å²) >= 11 is 1.43. The summed E-state index contributed by atoms with van der Waals surface area (Å²) in [5, 5.41) is 5.32. The van der Waals surface area contributed by atoms with Gasteiger partial charge in [0, 0.05) is 23.2 Å². The molecule has 0 aliphatic heterocycles. The Labute approximate surface area is 203 Å². The first-order valence-electron chi connectivity index (χ1n) is 10.8. The molecule has 0 spiro atoms. The smallest absolute Gasteiger partial charge is 0.242 e. The zero-order chi connectivity index (χ0) is 23.8. The summed E-state index contributed by atoms with van der Waals surface area (Å²) in [5.41, 5.74) is 2.26. The van der Waals surface area contributed by atoms with Gasteiger partial charge in [0.1, 0.15) is 16.7 Å². The molecule has 2 amide bonds. The molecule has 6 heteroatoms.